The lowest BCUT2D eigenvalue weighted by Gasteiger charge is -2.08. The van der Waals surface area contributed by atoms with Gasteiger partial charge < -0.3 is 9.13 Å². The minimum Gasteiger partial charge on any atom is -0.343 e. The van der Waals surface area contributed by atoms with E-state index in [0.29, 0.717) is 0 Å². The highest BCUT2D eigenvalue weighted by Gasteiger charge is 2.17. The third-order valence-corrected chi connectivity index (χ3v) is 6.69. The van der Waals surface area contributed by atoms with E-state index in [9.17, 15) is 0 Å². The summed E-state index contributed by atoms with van der Waals surface area (Å²) in [6, 6.07) is 37.3. The van der Waals surface area contributed by atoms with Gasteiger partial charge >= 0.3 is 0 Å². The van der Waals surface area contributed by atoms with Crippen molar-refractivity contribution in [1.82, 2.24) is 9.13 Å². The number of para-hydroxylation sites is 2. The van der Waals surface area contributed by atoms with Crippen LogP contribution in [-0.2, 0) is 7.05 Å². The molecule has 146 valence electrons. The van der Waals surface area contributed by atoms with E-state index in [1.807, 2.05) is 0 Å². The van der Waals surface area contributed by atoms with Gasteiger partial charge in [0.2, 0.25) is 0 Å². The van der Waals surface area contributed by atoms with Crippen LogP contribution in [0.4, 0.5) is 0 Å². The van der Waals surface area contributed by atoms with Crippen LogP contribution in [0.2, 0.25) is 0 Å². The van der Waals surface area contributed by atoms with Crippen LogP contribution in [0, 0.1) is 0 Å². The lowest BCUT2D eigenvalue weighted by atomic mass is 10.0. The van der Waals surface area contributed by atoms with Gasteiger partial charge in [-0.05, 0) is 35.7 Å². The summed E-state index contributed by atoms with van der Waals surface area (Å²) in [5.74, 6) is 0. The van der Waals surface area contributed by atoms with Crippen molar-refractivity contribution >= 4 is 54.4 Å². The number of rotatable bonds is 1. The second-order valence-corrected chi connectivity index (χ2v) is 8.32. The van der Waals surface area contributed by atoms with Crippen LogP contribution in [0.15, 0.2) is 103 Å². The zero-order chi connectivity index (χ0) is 20.5. The molecule has 0 saturated heterocycles. The zero-order valence-corrected chi connectivity index (χ0v) is 17.2. The first-order valence-electron chi connectivity index (χ1n) is 10.7. The average molecular weight is 396 g/mol. The van der Waals surface area contributed by atoms with Crippen molar-refractivity contribution in [2.75, 3.05) is 0 Å². The van der Waals surface area contributed by atoms with E-state index in [2.05, 4.69) is 119 Å². The maximum absolute atomic E-state index is 2.39. The lowest BCUT2D eigenvalue weighted by molar-refractivity contribution is 1.02. The van der Waals surface area contributed by atoms with Gasteiger partial charge in [0, 0.05) is 39.7 Å². The Balaban J connectivity index is 1.71. The van der Waals surface area contributed by atoms with Gasteiger partial charge in [0.15, 0.2) is 0 Å². The predicted molar refractivity (Wildman–Crippen MR) is 132 cm³/mol. The first-order valence-corrected chi connectivity index (χ1v) is 10.7. The minimum absolute atomic E-state index is 1.19. The van der Waals surface area contributed by atoms with Gasteiger partial charge in [-0.1, -0.05) is 72.8 Å². The Morgan fingerprint density at radius 1 is 0.484 bits per heavy atom. The number of nitrogens with zero attached hydrogens (tertiary/aromatic N) is 2. The molecule has 2 aromatic heterocycles. The summed E-state index contributed by atoms with van der Waals surface area (Å²) in [4.78, 5) is 0. The molecule has 0 atom stereocenters. The molecule has 0 aliphatic heterocycles. The fraction of sp³-hybridized carbons (Fsp3) is 0.0345. The Morgan fingerprint density at radius 3 is 2.06 bits per heavy atom. The molecule has 2 heterocycles. The Bertz CT molecular complexity index is 1780. The lowest BCUT2D eigenvalue weighted by Crippen LogP contribution is -1.93. The van der Waals surface area contributed by atoms with Crippen molar-refractivity contribution in [3.05, 3.63) is 103 Å². The average Bonchev–Trinajstić information content (AvgIpc) is 3.30. The first-order chi connectivity index (χ1) is 15.3. The summed E-state index contributed by atoms with van der Waals surface area (Å²) in [5, 5.41) is 7.80. The van der Waals surface area contributed by atoms with Gasteiger partial charge in [-0.15, -0.1) is 0 Å². The topological polar surface area (TPSA) is 9.86 Å². The van der Waals surface area contributed by atoms with E-state index in [4.69, 9.17) is 0 Å². The molecule has 0 amide bonds. The highest BCUT2D eigenvalue weighted by Crippen LogP contribution is 2.39. The summed E-state index contributed by atoms with van der Waals surface area (Å²) in [5.41, 5.74) is 6.25. The number of fused-ring (bicyclic) bond motifs is 8. The van der Waals surface area contributed by atoms with Crippen molar-refractivity contribution in [1.29, 1.82) is 0 Å². The van der Waals surface area contributed by atoms with Gasteiger partial charge in [0.25, 0.3) is 0 Å². The van der Waals surface area contributed by atoms with Crippen LogP contribution in [-0.4, -0.2) is 9.13 Å². The fourth-order valence-corrected chi connectivity index (χ4v) is 5.31. The number of hydrogen-bond acceptors (Lipinski definition) is 0. The fourth-order valence-electron chi connectivity index (χ4n) is 5.31. The number of hydrogen-bond donors (Lipinski definition) is 0. The van der Waals surface area contributed by atoms with Crippen molar-refractivity contribution in [2.24, 2.45) is 7.05 Å². The van der Waals surface area contributed by atoms with Crippen molar-refractivity contribution in [3.8, 4) is 5.69 Å². The van der Waals surface area contributed by atoms with E-state index in [0.717, 1.165) is 0 Å². The second kappa shape index (κ2) is 5.99. The van der Waals surface area contributed by atoms with Crippen molar-refractivity contribution in [3.63, 3.8) is 0 Å². The maximum Gasteiger partial charge on any atom is 0.0568 e. The Hall–Kier alpha value is -4.04. The summed E-state index contributed by atoms with van der Waals surface area (Å²) < 4.78 is 4.75. The van der Waals surface area contributed by atoms with Crippen LogP contribution in [0.5, 0.6) is 0 Å². The quantitative estimate of drug-likeness (QED) is 0.271. The molecule has 31 heavy (non-hydrogen) atoms. The van der Waals surface area contributed by atoms with Crippen LogP contribution < -0.4 is 0 Å². The van der Waals surface area contributed by atoms with Crippen molar-refractivity contribution < 1.29 is 0 Å². The third-order valence-electron chi connectivity index (χ3n) is 6.69. The van der Waals surface area contributed by atoms with Gasteiger partial charge in [-0.2, -0.15) is 0 Å². The van der Waals surface area contributed by atoms with E-state index in [-0.39, 0.29) is 0 Å². The Morgan fingerprint density at radius 2 is 1.19 bits per heavy atom. The molecular weight excluding hydrogens is 376 g/mol. The number of aromatic nitrogens is 2. The molecule has 7 aromatic rings. The summed E-state index contributed by atoms with van der Waals surface area (Å²) in [6.07, 6.45) is 0. The summed E-state index contributed by atoms with van der Waals surface area (Å²) in [7, 11) is 2.19. The summed E-state index contributed by atoms with van der Waals surface area (Å²) >= 11 is 0. The van der Waals surface area contributed by atoms with Crippen molar-refractivity contribution in [2.45, 2.75) is 0 Å². The summed E-state index contributed by atoms with van der Waals surface area (Å²) in [6.45, 7) is 0. The predicted octanol–water partition coefficient (Wildman–Crippen LogP) is 7.58. The van der Waals surface area contributed by atoms with Gasteiger partial charge in [-0.3, -0.25) is 0 Å². The SMILES string of the molecule is Cn1c2cc3c(cc2c2ccc4ccccc4c21)c1ccccc1n3-c1ccccc1. The standard InChI is InChI=1S/C29H20N2/c1-30-27-18-28-24(17-25(27)23-16-15-19-9-5-6-12-21(19)29(23)30)22-13-7-8-14-26(22)31(28)20-10-3-2-4-11-20/h2-18H,1H3. The molecule has 0 fully saturated rings. The molecule has 0 bridgehead atoms. The zero-order valence-electron chi connectivity index (χ0n) is 17.2. The molecule has 7 rings (SSSR count). The molecule has 0 saturated carbocycles. The molecule has 0 radical (unpaired) electrons. The van der Waals surface area contributed by atoms with Gasteiger partial charge in [0.1, 0.15) is 0 Å². The van der Waals surface area contributed by atoms with Crippen LogP contribution in [0.25, 0.3) is 60.1 Å². The van der Waals surface area contributed by atoms with Crippen LogP contribution >= 0.6 is 0 Å². The van der Waals surface area contributed by atoms with Crippen LogP contribution in [0.3, 0.4) is 0 Å². The molecule has 2 nitrogen and oxygen atoms in total. The molecule has 0 aliphatic carbocycles. The second-order valence-electron chi connectivity index (χ2n) is 8.32. The molecule has 5 aromatic carbocycles. The highest BCUT2D eigenvalue weighted by atomic mass is 15.0. The molecule has 0 spiro atoms. The van der Waals surface area contributed by atoms with E-state index in [1.165, 1.54) is 60.1 Å². The largest absolute Gasteiger partial charge is 0.343 e. The smallest absolute Gasteiger partial charge is 0.0568 e. The molecular formula is C29H20N2. The van der Waals surface area contributed by atoms with Gasteiger partial charge in [-0.25, -0.2) is 0 Å². The Labute approximate surface area is 179 Å². The van der Waals surface area contributed by atoms with E-state index < -0.39 is 0 Å². The number of benzene rings is 5. The van der Waals surface area contributed by atoms with Gasteiger partial charge in [0.05, 0.1) is 22.1 Å². The maximum atomic E-state index is 2.39. The van der Waals surface area contributed by atoms with E-state index >= 15 is 0 Å². The normalized spacial score (nSPS) is 12.0. The highest BCUT2D eigenvalue weighted by molar-refractivity contribution is 6.22. The monoisotopic (exact) mass is 396 g/mol. The molecule has 0 unspecified atom stereocenters. The Kier molecular flexibility index (Phi) is 3.23. The van der Waals surface area contributed by atoms with E-state index in [1.54, 1.807) is 0 Å². The number of aryl methyl sites for hydroxylation is 1. The van der Waals surface area contributed by atoms with Crippen LogP contribution in [0.1, 0.15) is 0 Å². The molecule has 2 heteroatoms. The minimum atomic E-state index is 1.19. The first kappa shape index (κ1) is 16.7. The molecule has 0 N–H and O–H groups in total. The molecule has 0 aliphatic rings. The third kappa shape index (κ3) is 2.17.